The zero-order valence-corrected chi connectivity index (χ0v) is 13.3. The average Bonchev–Trinajstić information content (AvgIpc) is 2.74. The molecule has 6 heteroatoms. The van der Waals surface area contributed by atoms with Crippen LogP contribution in [0.1, 0.15) is 27.2 Å². The fourth-order valence-corrected chi connectivity index (χ4v) is 3.06. The molecule has 22 heavy (non-hydrogen) atoms. The fourth-order valence-electron chi connectivity index (χ4n) is 1.98. The van der Waals surface area contributed by atoms with E-state index in [4.69, 9.17) is 10.5 Å². The molecule has 3 N–H and O–H groups in total. The summed E-state index contributed by atoms with van der Waals surface area (Å²) < 4.78 is 5.47. The van der Waals surface area contributed by atoms with Gasteiger partial charge in [-0.3, -0.25) is 9.59 Å². The van der Waals surface area contributed by atoms with Crippen LogP contribution in [0, 0.1) is 13.8 Å². The van der Waals surface area contributed by atoms with Gasteiger partial charge >= 0.3 is 0 Å². The minimum Gasteiger partial charge on any atom is -0.493 e. The molecule has 1 aromatic carbocycles. The maximum absolute atomic E-state index is 12.0. The lowest BCUT2D eigenvalue weighted by atomic mass is 10.1. The van der Waals surface area contributed by atoms with E-state index in [1.165, 1.54) is 11.3 Å². The molecule has 0 aliphatic heterocycles. The normalized spacial score (nSPS) is 10.3. The molecule has 2 aromatic rings. The zero-order valence-electron chi connectivity index (χ0n) is 12.5. The second kappa shape index (κ2) is 7.09. The Labute approximate surface area is 133 Å². The molecule has 0 fully saturated rings. The summed E-state index contributed by atoms with van der Waals surface area (Å²) in [7, 11) is 0. The maximum atomic E-state index is 12.0. The number of carbonyl (C=O) groups excluding carboxylic acids is 2. The number of amides is 2. The van der Waals surface area contributed by atoms with Gasteiger partial charge in [-0.1, -0.05) is 18.2 Å². The van der Waals surface area contributed by atoms with Gasteiger partial charge in [0, 0.05) is 4.88 Å². The Morgan fingerprint density at radius 2 is 1.91 bits per heavy atom. The number of hydrogen-bond acceptors (Lipinski definition) is 4. The zero-order chi connectivity index (χ0) is 16.1. The van der Waals surface area contributed by atoms with Gasteiger partial charge in [-0.05, 0) is 31.5 Å². The van der Waals surface area contributed by atoms with Gasteiger partial charge in [0.15, 0.2) is 0 Å². The van der Waals surface area contributed by atoms with Gasteiger partial charge in [0.05, 0.1) is 18.6 Å². The van der Waals surface area contributed by atoms with Gasteiger partial charge in [0.25, 0.3) is 5.91 Å². The summed E-state index contributed by atoms with van der Waals surface area (Å²) >= 11 is 1.35. The van der Waals surface area contributed by atoms with Crippen LogP contribution in [0.3, 0.4) is 0 Å². The van der Waals surface area contributed by atoms with Crippen LogP contribution < -0.4 is 15.8 Å². The Morgan fingerprint density at radius 1 is 1.23 bits per heavy atom. The lowest BCUT2D eigenvalue weighted by Crippen LogP contribution is -2.18. The van der Waals surface area contributed by atoms with Crippen molar-refractivity contribution in [3.05, 3.63) is 46.3 Å². The lowest BCUT2D eigenvalue weighted by Gasteiger charge is -2.07. The number of para-hydroxylation sites is 1. The molecular formula is C16H18N2O3S. The lowest BCUT2D eigenvalue weighted by molar-refractivity contribution is -0.116. The molecule has 0 unspecified atom stereocenters. The number of nitrogens with one attached hydrogen (secondary N) is 1. The third kappa shape index (κ3) is 3.85. The third-order valence-electron chi connectivity index (χ3n) is 3.23. The summed E-state index contributed by atoms with van der Waals surface area (Å²) in [5.74, 6) is -0.0201. The van der Waals surface area contributed by atoms with Crippen molar-refractivity contribution in [2.24, 2.45) is 5.73 Å². The van der Waals surface area contributed by atoms with E-state index in [1.54, 1.807) is 0 Å². The highest BCUT2D eigenvalue weighted by atomic mass is 32.1. The summed E-state index contributed by atoms with van der Waals surface area (Å²) in [6.45, 7) is 3.98. The van der Waals surface area contributed by atoms with Gasteiger partial charge in [-0.2, -0.15) is 0 Å². The van der Waals surface area contributed by atoms with Crippen molar-refractivity contribution >= 4 is 28.2 Å². The third-order valence-corrected chi connectivity index (χ3v) is 4.35. The van der Waals surface area contributed by atoms with E-state index in [0.29, 0.717) is 10.6 Å². The first-order valence-electron chi connectivity index (χ1n) is 6.86. The van der Waals surface area contributed by atoms with Crippen molar-refractivity contribution in [3.8, 4) is 5.75 Å². The average molecular weight is 318 g/mol. The van der Waals surface area contributed by atoms with Gasteiger partial charge in [-0.15, -0.1) is 11.3 Å². The molecule has 0 bridgehead atoms. The SMILES string of the molecule is Cc1sc(NC(=O)CCOc2ccccc2)c(C(N)=O)c1C. The highest BCUT2D eigenvalue weighted by molar-refractivity contribution is 7.16. The van der Waals surface area contributed by atoms with E-state index < -0.39 is 5.91 Å². The van der Waals surface area contributed by atoms with Crippen molar-refractivity contribution in [2.45, 2.75) is 20.3 Å². The molecule has 5 nitrogen and oxygen atoms in total. The van der Waals surface area contributed by atoms with Crippen LogP contribution in [0.15, 0.2) is 30.3 Å². The predicted octanol–water partition coefficient (Wildman–Crippen LogP) is 2.87. The first kappa shape index (κ1) is 16.0. The van der Waals surface area contributed by atoms with Crippen LogP contribution in [0.4, 0.5) is 5.00 Å². The molecule has 116 valence electrons. The Kier molecular flexibility index (Phi) is 5.16. The molecule has 0 radical (unpaired) electrons. The monoisotopic (exact) mass is 318 g/mol. The highest BCUT2D eigenvalue weighted by Gasteiger charge is 2.18. The standard InChI is InChI=1S/C16H18N2O3S/c1-10-11(2)22-16(14(10)15(17)20)18-13(19)8-9-21-12-6-4-3-5-7-12/h3-7H,8-9H2,1-2H3,(H2,17,20)(H,18,19). The van der Waals surface area contributed by atoms with E-state index in [0.717, 1.165) is 16.2 Å². The van der Waals surface area contributed by atoms with E-state index in [9.17, 15) is 9.59 Å². The summed E-state index contributed by atoms with van der Waals surface area (Å²) in [4.78, 5) is 24.4. The highest BCUT2D eigenvalue weighted by Crippen LogP contribution is 2.32. The Bertz CT molecular complexity index is 680. The molecule has 0 spiro atoms. The van der Waals surface area contributed by atoms with Crippen LogP contribution in [-0.2, 0) is 4.79 Å². The molecule has 1 heterocycles. The number of carbonyl (C=O) groups is 2. The van der Waals surface area contributed by atoms with E-state index in [2.05, 4.69) is 5.32 Å². The van der Waals surface area contributed by atoms with Crippen LogP contribution in [-0.4, -0.2) is 18.4 Å². The number of hydrogen-bond donors (Lipinski definition) is 2. The number of nitrogens with two attached hydrogens (primary N) is 1. The van der Waals surface area contributed by atoms with Gasteiger partial charge in [0.1, 0.15) is 10.8 Å². The topological polar surface area (TPSA) is 81.4 Å². The molecule has 0 saturated heterocycles. The number of primary amides is 1. The van der Waals surface area contributed by atoms with Crippen molar-refractivity contribution in [1.29, 1.82) is 0 Å². The molecule has 0 aliphatic rings. The summed E-state index contributed by atoms with van der Waals surface area (Å²) in [5, 5.41) is 3.25. The Hall–Kier alpha value is -2.34. The van der Waals surface area contributed by atoms with E-state index >= 15 is 0 Å². The van der Waals surface area contributed by atoms with Crippen molar-refractivity contribution < 1.29 is 14.3 Å². The van der Waals surface area contributed by atoms with Crippen molar-refractivity contribution in [2.75, 3.05) is 11.9 Å². The second-order valence-electron chi connectivity index (χ2n) is 4.81. The smallest absolute Gasteiger partial charge is 0.251 e. The summed E-state index contributed by atoms with van der Waals surface area (Å²) in [6.07, 6.45) is 0.198. The van der Waals surface area contributed by atoms with Crippen LogP contribution in [0.5, 0.6) is 5.75 Å². The molecule has 0 aliphatic carbocycles. The van der Waals surface area contributed by atoms with E-state index in [-0.39, 0.29) is 18.9 Å². The maximum Gasteiger partial charge on any atom is 0.251 e. The van der Waals surface area contributed by atoms with E-state index in [1.807, 2.05) is 44.2 Å². The Morgan fingerprint density at radius 3 is 2.55 bits per heavy atom. The molecule has 0 saturated carbocycles. The minimum absolute atomic E-state index is 0.198. The summed E-state index contributed by atoms with van der Waals surface area (Å²) in [6, 6.07) is 9.29. The predicted molar refractivity (Wildman–Crippen MR) is 87.5 cm³/mol. The molecule has 0 atom stereocenters. The molecule has 2 amide bonds. The van der Waals surface area contributed by atoms with Gasteiger partial charge < -0.3 is 15.8 Å². The first-order chi connectivity index (χ1) is 10.5. The Balaban J connectivity index is 1.92. The number of benzene rings is 1. The number of anilines is 1. The van der Waals surface area contributed by atoms with Gasteiger partial charge in [-0.25, -0.2) is 0 Å². The largest absolute Gasteiger partial charge is 0.493 e. The van der Waals surface area contributed by atoms with Crippen molar-refractivity contribution in [3.63, 3.8) is 0 Å². The first-order valence-corrected chi connectivity index (χ1v) is 7.68. The van der Waals surface area contributed by atoms with Crippen LogP contribution in [0.2, 0.25) is 0 Å². The quantitative estimate of drug-likeness (QED) is 0.859. The molecule has 2 rings (SSSR count). The fraction of sp³-hybridized carbons (Fsp3) is 0.250. The van der Waals surface area contributed by atoms with Crippen molar-refractivity contribution in [1.82, 2.24) is 0 Å². The minimum atomic E-state index is -0.530. The second-order valence-corrected chi connectivity index (χ2v) is 6.04. The summed E-state index contributed by atoms with van der Waals surface area (Å²) in [5.41, 5.74) is 6.57. The van der Waals surface area contributed by atoms with Crippen LogP contribution in [0.25, 0.3) is 0 Å². The van der Waals surface area contributed by atoms with Gasteiger partial charge in [0.2, 0.25) is 5.91 Å². The number of aryl methyl sites for hydroxylation is 1. The number of thiophene rings is 1. The number of ether oxygens (including phenoxy) is 1. The van der Waals surface area contributed by atoms with Crippen LogP contribution >= 0.6 is 11.3 Å². The molecular weight excluding hydrogens is 300 g/mol. The number of rotatable bonds is 6. The molecule has 1 aromatic heterocycles.